The van der Waals surface area contributed by atoms with E-state index >= 15 is 0 Å². The number of ether oxygens (including phenoxy) is 1. The second kappa shape index (κ2) is 8.39. The molecule has 0 bridgehead atoms. The number of ketones is 2. The first-order valence-corrected chi connectivity index (χ1v) is 10.6. The number of hydrogen-bond acceptors (Lipinski definition) is 7. The Labute approximate surface area is 188 Å². The normalized spacial score (nSPS) is 17.6. The summed E-state index contributed by atoms with van der Waals surface area (Å²) in [6.45, 7) is 3.11. The number of aromatic nitrogens is 1. The summed E-state index contributed by atoms with van der Waals surface area (Å²) in [4.78, 5) is 44.2. The van der Waals surface area contributed by atoms with Crippen molar-refractivity contribution in [2.24, 2.45) is 0 Å². The average molecular weight is 449 g/mol. The van der Waals surface area contributed by atoms with Crippen LogP contribution in [0.1, 0.15) is 39.5 Å². The van der Waals surface area contributed by atoms with Crippen molar-refractivity contribution in [2.75, 3.05) is 12.0 Å². The first-order valence-electron chi connectivity index (χ1n) is 9.82. The number of rotatable bonds is 5. The summed E-state index contributed by atoms with van der Waals surface area (Å²) in [5, 5.41) is 11.3. The summed E-state index contributed by atoms with van der Waals surface area (Å²) in [7, 11) is 1.53. The van der Waals surface area contributed by atoms with E-state index in [4.69, 9.17) is 4.74 Å². The van der Waals surface area contributed by atoms with E-state index in [9.17, 15) is 19.5 Å². The molecule has 2 heterocycles. The monoisotopic (exact) mass is 448 g/mol. The minimum atomic E-state index is -0.886. The van der Waals surface area contributed by atoms with Crippen LogP contribution in [-0.4, -0.2) is 34.7 Å². The van der Waals surface area contributed by atoms with Crippen molar-refractivity contribution in [1.82, 2.24) is 4.98 Å². The third-order valence-electron chi connectivity index (χ3n) is 5.23. The van der Waals surface area contributed by atoms with E-state index in [1.165, 1.54) is 18.9 Å². The molecule has 1 atom stereocenters. The lowest BCUT2D eigenvalue weighted by Gasteiger charge is -2.23. The molecule has 1 aliphatic rings. The predicted molar refractivity (Wildman–Crippen MR) is 121 cm³/mol. The van der Waals surface area contributed by atoms with Gasteiger partial charge in [-0.05, 0) is 36.8 Å². The van der Waals surface area contributed by atoms with Gasteiger partial charge in [-0.3, -0.25) is 19.3 Å². The molecule has 0 radical (unpaired) electrons. The second-order valence-corrected chi connectivity index (χ2v) is 8.25. The highest BCUT2D eigenvalue weighted by Crippen LogP contribution is 2.43. The van der Waals surface area contributed by atoms with Crippen molar-refractivity contribution in [2.45, 2.75) is 19.9 Å². The van der Waals surface area contributed by atoms with Crippen LogP contribution < -0.4 is 9.64 Å². The number of carbonyl (C=O) groups is 3. The Morgan fingerprint density at radius 1 is 1.09 bits per heavy atom. The van der Waals surface area contributed by atoms with Crippen LogP contribution in [0.2, 0.25) is 0 Å². The van der Waals surface area contributed by atoms with Crippen molar-refractivity contribution in [3.8, 4) is 5.75 Å². The van der Waals surface area contributed by atoms with E-state index in [0.717, 1.165) is 11.3 Å². The third-order valence-corrected chi connectivity index (χ3v) is 6.49. The minimum Gasteiger partial charge on any atom is -0.507 e. The number of thiazole rings is 1. The number of amides is 1. The molecule has 0 unspecified atom stereocenters. The van der Waals surface area contributed by atoms with Gasteiger partial charge in [0.15, 0.2) is 10.9 Å². The summed E-state index contributed by atoms with van der Waals surface area (Å²) in [5.41, 5.74) is 1.47. The molecule has 0 spiro atoms. The van der Waals surface area contributed by atoms with Crippen LogP contribution in [0.15, 0.2) is 60.2 Å². The Hall–Kier alpha value is -3.78. The molecule has 8 heteroatoms. The lowest BCUT2D eigenvalue weighted by molar-refractivity contribution is -0.132. The molecule has 32 heavy (non-hydrogen) atoms. The number of aliphatic hydroxyl groups is 1. The maximum atomic E-state index is 13.1. The lowest BCUT2D eigenvalue weighted by atomic mass is 9.95. The number of nitrogens with zero attached hydrogens (tertiary/aromatic N) is 2. The van der Waals surface area contributed by atoms with Crippen LogP contribution in [0.4, 0.5) is 5.13 Å². The van der Waals surface area contributed by atoms with E-state index in [-0.39, 0.29) is 22.2 Å². The highest BCUT2D eigenvalue weighted by atomic mass is 32.1. The molecular formula is C24H20N2O5S. The number of aliphatic hydroxyl groups excluding tert-OH is 1. The molecule has 1 N–H and O–H groups in total. The Morgan fingerprint density at radius 3 is 2.31 bits per heavy atom. The van der Waals surface area contributed by atoms with E-state index < -0.39 is 17.7 Å². The van der Waals surface area contributed by atoms with E-state index in [1.54, 1.807) is 55.5 Å². The van der Waals surface area contributed by atoms with Gasteiger partial charge in [0.1, 0.15) is 11.5 Å². The van der Waals surface area contributed by atoms with Gasteiger partial charge in [-0.25, -0.2) is 4.98 Å². The van der Waals surface area contributed by atoms with E-state index in [0.29, 0.717) is 27.4 Å². The van der Waals surface area contributed by atoms with Gasteiger partial charge in [-0.2, -0.15) is 0 Å². The van der Waals surface area contributed by atoms with E-state index in [2.05, 4.69) is 4.98 Å². The number of methoxy groups -OCH3 is 1. The van der Waals surface area contributed by atoms with Gasteiger partial charge in [0, 0.05) is 12.5 Å². The molecule has 1 aromatic heterocycles. The van der Waals surface area contributed by atoms with Crippen LogP contribution >= 0.6 is 11.3 Å². The Balaban J connectivity index is 1.91. The van der Waals surface area contributed by atoms with Crippen LogP contribution in [0.5, 0.6) is 5.75 Å². The summed E-state index contributed by atoms with van der Waals surface area (Å²) < 4.78 is 5.15. The molecule has 162 valence electrons. The van der Waals surface area contributed by atoms with Crippen molar-refractivity contribution in [3.63, 3.8) is 0 Å². The highest BCUT2D eigenvalue weighted by Gasteiger charge is 2.48. The summed E-state index contributed by atoms with van der Waals surface area (Å²) in [5.74, 6) is -1.49. The number of Topliss-reactive ketones (excluding diaryl/α,β-unsaturated/α-hetero) is 2. The zero-order chi connectivity index (χ0) is 23.0. The Bertz CT molecular complexity index is 1250. The van der Waals surface area contributed by atoms with Crippen molar-refractivity contribution >= 4 is 39.7 Å². The highest BCUT2D eigenvalue weighted by molar-refractivity contribution is 7.18. The first kappa shape index (κ1) is 21.5. The van der Waals surface area contributed by atoms with Gasteiger partial charge in [-0.1, -0.05) is 41.7 Å². The lowest BCUT2D eigenvalue weighted by Crippen LogP contribution is -2.29. The molecular weight excluding hydrogens is 428 g/mol. The fraction of sp³-hybridized carbons (Fsp3) is 0.167. The van der Waals surface area contributed by atoms with Gasteiger partial charge < -0.3 is 9.84 Å². The molecule has 1 aliphatic heterocycles. The number of carbonyl (C=O) groups excluding carboxylic acids is 3. The molecule has 1 amide bonds. The first-order chi connectivity index (χ1) is 15.3. The van der Waals surface area contributed by atoms with Crippen LogP contribution in [0.3, 0.4) is 0 Å². The number of hydrogen-bond donors (Lipinski definition) is 1. The SMILES string of the molecule is COc1ccc(C(O)=C2C(=O)C(=O)N(c3nc(C)c(C(C)=O)s3)[C@@H]2c2ccccc2)cc1. The topological polar surface area (TPSA) is 96.8 Å². The molecule has 1 saturated heterocycles. The largest absolute Gasteiger partial charge is 0.507 e. The van der Waals surface area contributed by atoms with Gasteiger partial charge in [0.2, 0.25) is 0 Å². The summed E-state index contributed by atoms with van der Waals surface area (Å²) in [6.07, 6.45) is 0. The molecule has 7 nitrogen and oxygen atoms in total. The Kier molecular flexibility index (Phi) is 5.63. The molecule has 0 aliphatic carbocycles. The van der Waals surface area contributed by atoms with Gasteiger partial charge in [0.25, 0.3) is 5.78 Å². The average Bonchev–Trinajstić information content (AvgIpc) is 3.31. The van der Waals surface area contributed by atoms with Gasteiger partial charge in [0.05, 0.1) is 29.3 Å². The zero-order valence-corrected chi connectivity index (χ0v) is 18.5. The molecule has 2 aromatic carbocycles. The van der Waals surface area contributed by atoms with Gasteiger partial charge >= 0.3 is 5.91 Å². The third kappa shape index (κ3) is 3.58. The van der Waals surface area contributed by atoms with Crippen LogP contribution in [0.25, 0.3) is 5.76 Å². The fourth-order valence-corrected chi connectivity index (χ4v) is 4.69. The standard InChI is InChI=1S/C24H20N2O5S/c1-13-22(14(2)27)32-24(25-13)26-19(15-7-5-4-6-8-15)18(21(29)23(26)30)20(28)16-9-11-17(31-3)12-10-16/h4-12,19,28H,1-3H3/t19-/m1/s1. The quantitative estimate of drug-likeness (QED) is 0.271. The Morgan fingerprint density at radius 2 is 1.75 bits per heavy atom. The molecule has 1 fully saturated rings. The van der Waals surface area contributed by atoms with E-state index in [1.807, 2.05) is 6.07 Å². The van der Waals surface area contributed by atoms with Crippen molar-refractivity contribution in [1.29, 1.82) is 0 Å². The summed E-state index contributed by atoms with van der Waals surface area (Å²) in [6, 6.07) is 14.6. The maximum absolute atomic E-state index is 13.1. The molecule has 3 aromatic rings. The van der Waals surface area contributed by atoms with Crippen LogP contribution in [-0.2, 0) is 9.59 Å². The smallest absolute Gasteiger partial charge is 0.301 e. The zero-order valence-electron chi connectivity index (χ0n) is 17.7. The van der Waals surface area contributed by atoms with Crippen molar-refractivity contribution in [3.05, 3.63) is 81.9 Å². The number of anilines is 1. The maximum Gasteiger partial charge on any atom is 0.301 e. The number of aryl methyl sites for hydroxylation is 1. The fourth-order valence-electron chi connectivity index (χ4n) is 3.70. The van der Waals surface area contributed by atoms with Crippen LogP contribution in [0, 0.1) is 6.92 Å². The number of benzene rings is 2. The van der Waals surface area contributed by atoms with Crippen molar-refractivity contribution < 1.29 is 24.2 Å². The van der Waals surface area contributed by atoms with Gasteiger partial charge in [-0.15, -0.1) is 0 Å². The predicted octanol–water partition coefficient (Wildman–Crippen LogP) is 4.29. The minimum absolute atomic E-state index is 0.0383. The second-order valence-electron chi connectivity index (χ2n) is 7.28. The molecule has 4 rings (SSSR count). The summed E-state index contributed by atoms with van der Waals surface area (Å²) >= 11 is 1.06. The molecule has 0 saturated carbocycles.